The van der Waals surface area contributed by atoms with Crippen molar-refractivity contribution in [2.75, 3.05) is 20.7 Å². The number of thioether (sulfide) groups is 1. The fourth-order valence-electron chi connectivity index (χ4n) is 3.97. The minimum Gasteiger partial charge on any atom is -0.491 e. The van der Waals surface area contributed by atoms with Gasteiger partial charge in [0.25, 0.3) is 0 Å². The van der Waals surface area contributed by atoms with Crippen molar-refractivity contribution in [2.24, 2.45) is 0 Å². The van der Waals surface area contributed by atoms with Gasteiger partial charge in [0.05, 0.1) is 12.3 Å². The molecule has 2 nitrogen and oxygen atoms in total. The Labute approximate surface area is 213 Å². The van der Waals surface area contributed by atoms with E-state index in [2.05, 4.69) is 134 Å². The van der Waals surface area contributed by atoms with Crippen LogP contribution < -0.4 is 0 Å². The van der Waals surface area contributed by atoms with E-state index < -0.39 is 0 Å². The molecule has 4 aromatic rings. The summed E-state index contributed by atoms with van der Waals surface area (Å²) in [7, 11) is 4.12. The smallest absolute Gasteiger partial charge is 0.150 e. The van der Waals surface area contributed by atoms with Crippen LogP contribution >= 0.6 is 11.8 Å². The van der Waals surface area contributed by atoms with Crippen molar-refractivity contribution < 1.29 is 4.74 Å². The van der Waals surface area contributed by atoms with Gasteiger partial charge < -0.3 is 9.64 Å². The summed E-state index contributed by atoms with van der Waals surface area (Å²) in [6.45, 7) is 2.64. The lowest BCUT2D eigenvalue weighted by atomic mass is 10.00. The van der Waals surface area contributed by atoms with E-state index >= 15 is 0 Å². The van der Waals surface area contributed by atoms with Gasteiger partial charge in [0.1, 0.15) is 5.76 Å². The Bertz CT molecular complexity index is 1220. The molecular formula is C32H31NOS. The zero-order chi connectivity index (χ0) is 24.5. The second-order valence-corrected chi connectivity index (χ2v) is 9.22. The molecule has 0 heterocycles. The average Bonchev–Trinajstić information content (AvgIpc) is 2.91. The van der Waals surface area contributed by atoms with E-state index in [1.54, 1.807) is 11.8 Å². The molecule has 0 fully saturated rings. The summed E-state index contributed by atoms with van der Waals surface area (Å²) in [5.41, 5.74) is 6.92. The molecule has 0 spiro atoms. The van der Waals surface area contributed by atoms with E-state index in [9.17, 15) is 0 Å². The van der Waals surface area contributed by atoms with E-state index in [1.807, 2.05) is 13.0 Å². The Balaban J connectivity index is 1.66. The number of hydrogen-bond acceptors (Lipinski definition) is 3. The predicted octanol–water partition coefficient (Wildman–Crippen LogP) is 8.29. The Morgan fingerprint density at radius 1 is 0.657 bits per heavy atom. The maximum absolute atomic E-state index is 6.18. The summed E-state index contributed by atoms with van der Waals surface area (Å²) in [4.78, 5) is 3.30. The number of rotatable bonds is 9. The first kappa shape index (κ1) is 24.4. The van der Waals surface area contributed by atoms with Crippen LogP contribution in [0.4, 0.5) is 0 Å². The summed E-state index contributed by atoms with van der Waals surface area (Å²) >= 11 is 1.73. The van der Waals surface area contributed by atoms with Crippen LogP contribution in [-0.4, -0.2) is 25.6 Å². The van der Waals surface area contributed by atoms with Crippen molar-refractivity contribution in [1.29, 1.82) is 0 Å². The predicted molar refractivity (Wildman–Crippen MR) is 151 cm³/mol. The SMILES string of the molecule is CCO/C(=C(/c1ccccc1)N(C)C)c1ccc(SC=C(c2ccccc2)c2ccccc2)cc1. The lowest BCUT2D eigenvalue weighted by Crippen LogP contribution is -2.13. The summed E-state index contributed by atoms with van der Waals surface area (Å²) in [5, 5.41) is 2.24. The van der Waals surface area contributed by atoms with Crippen LogP contribution in [0.1, 0.15) is 29.2 Å². The van der Waals surface area contributed by atoms with Crippen LogP contribution in [0.25, 0.3) is 17.0 Å². The number of ether oxygens (including phenoxy) is 1. The molecule has 0 aromatic heterocycles. The van der Waals surface area contributed by atoms with E-state index in [1.165, 1.54) is 21.6 Å². The van der Waals surface area contributed by atoms with E-state index in [0.717, 1.165) is 22.6 Å². The van der Waals surface area contributed by atoms with Crippen LogP contribution in [0, 0.1) is 0 Å². The van der Waals surface area contributed by atoms with Crippen molar-refractivity contribution in [2.45, 2.75) is 11.8 Å². The number of hydrogen-bond donors (Lipinski definition) is 0. The normalized spacial score (nSPS) is 11.4. The Hall–Kier alpha value is -3.69. The van der Waals surface area contributed by atoms with Gasteiger partial charge in [-0.2, -0.15) is 0 Å². The summed E-state index contributed by atoms with van der Waals surface area (Å²) < 4.78 is 6.18. The van der Waals surface area contributed by atoms with Gasteiger partial charge >= 0.3 is 0 Å². The average molecular weight is 478 g/mol. The molecule has 0 amide bonds. The summed E-state index contributed by atoms with van der Waals surface area (Å²) in [6.07, 6.45) is 0. The van der Waals surface area contributed by atoms with Crippen LogP contribution in [-0.2, 0) is 4.74 Å². The first-order chi connectivity index (χ1) is 17.2. The Morgan fingerprint density at radius 3 is 1.60 bits per heavy atom. The van der Waals surface area contributed by atoms with Gasteiger partial charge in [-0.05, 0) is 41.2 Å². The molecule has 3 heteroatoms. The quantitative estimate of drug-likeness (QED) is 0.137. The van der Waals surface area contributed by atoms with Gasteiger partial charge in [-0.3, -0.25) is 0 Å². The molecule has 0 saturated carbocycles. The first-order valence-corrected chi connectivity index (χ1v) is 12.7. The van der Waals surface area contributed by atoms with Gasteiger partial charge in [0.15, 0.2) is 0 Å². The molecule has 0 atom stereocenters. The topological polar surface area (TPSA) is 12.5 Å². The lowest BCUT2D eigenvalue weighted by molar-refractivity contribution is 0.295. The molecule has 0 radical (unpaired) electrons. The zero-order valence-corrected chi connectivity index (χ0v) is 21.3. The molecular weight excluding hydrogens is 446 g/mol. The number of benzene rings is 4. The second kappa shape index (κ2) is 12.1. The molecule has 0 saturated heterocycles. The van der Waals surface area contributed by atoms with Gasteiger partial charge in [-0.1, -0.05) is 115 Å². The maximum Gasteiger partial charge on any atom is 0.150 e. The van der Waals surface area contributed by atoms with Gasteiger partial charge in [-0.15, -0.1) is 0 Å². The minimum absolute atomic E-state index is 0.607. The summed E-state index contributed by atoms with van der Waals surface area (Å²) in [6, 6.07) is 40.1. The van der Waals surface area contributed by atoms with E-state index in [0.29, 0.717) is 6.61 Å². The van der Waals surface area contributed by atoms with E-state index in [-0.39, 0.29) is 0 Å². The molecule has 176 valence electrons. The monoisotopic (exact) mass is 477 g/mol. The molecule has 0 N–H and O–H groups in total. The largest absolute Gasteiger partial charge is 0.491 e. The van der Waals surface area contributed by atoms with Crippen LogP contribution in [0.15, 0.2) is 126 Å². The zero-order valence-electron chi connectivity index (χ0n) is 20.5. The fourth-order valence-corrected chi connectivity index (χ4v) is 4.79. The van der Waals surface area contributed by atoms with Gasteiger partial charge in [0, 0.05) is 30.1 Å². The highest BCUT2D eigenvalue weighted by Crippen LogP contribution is 2.33. The van der Waals surface area contributed by atoms with Crippen molar-refractivity contribution in [3.8, 4) is 0 Å². The van der Waals surface area contributed by atoms with Crippen molar-refractivity contribution in [3.63, 3.8) is 0 Å². The highest BCUT2D eigenvalue weighted by atomic mass is 32.2. The fraction of sp³-hybridized carbons (Fsp3) is 0.125. The highest BCUT2D eigenvalue weighted by Gasteiger charge is 2.15. The minimum atomic E-state index is 0.607. The maximum atomic E-state index is 6.18. The third kappa shape index (κ3) is 6.26. The van der Waals surface area contributed by atoms with Crippen LogP contribution in [0.5, 0.6) is 0 Å². The molecule has 4 rings (SSSR count). The first-order valence-electron chi connectivity index (χ1n) is 11.8. The number of nitrogens with zero attached hydrogens (tertiary/aromatic N) is 1. The Kier molecular flexibility index (Phi) is 8.48. The Morgan fingerprint density at radius 2 is 1.14 bits per heavy atom. The molecule has 0 aliphatic rings. The van der Waals surface area contributed by atoms with Crippen LogP contribution in [0.3, 0.4) is 0 Å². The molecule has 0 bridgehead atoms. The third-order valence-electron chi connectivity index (χ3n) is 5.60. The van der Waals surface area contributed by atoms with Crippen molar-refractivity contribution in [1.82, 2.24) is 4.90 Å². The third-order valence-corrected chi connectivity index (χ3v) is 6.50. The molecule has 0 aliphatic carbocycles. The lowest BCUT2D eigenvalue weighted by Gasteiger charge is -2.23. The van der Waals surface area contributed by atoms with Crippen molar-refractivity contribution >= 4 is 28.8 Å². The molecule has 0 aliphatic heterocycles. The standard InChI is InChI=1S/C32H31NOS/c1-4-34-32(31(33(2)3)27-18-12-7-13-19-27)28-20-22-29(23-21-28)35-24-30(25-14-8-5-9-15-25)26-16-10-6-11-17-26/h5-24H,4H2,1-3H3/b32-31-. The van der Waals surface area contributed by atoms with Gasteiger partial charge in [0.2, 0.25) is 0 Å². The van der Waals surface area contributed by atoms with Crippen molar-refractivity contribution in [3.05, 3.63) is 143 Å². The van der Waals surface area contributed by atoms with Gasteiger partial charge in [-0.25, -0.2) is 0 Å². The highest BCUT2D eigenvalue weighted by molar-refractivity contribution is 8.02. The van der Waals surface area contributed by atoms with E-state index in [4.69, 9.17) is 4.74 Å². The molecule has 35 heavy (non-hydrogen) atoms. The second-order valence-electron chi connectivity index (χ2n) is 8.28. The van der Waals surface area contributed by atoms with Crippen LogP contribution in [0.2, 0.25) is 0 Å². The molecule has 4 aromatic carbocycles. The molecule has 0 unspecified atom stereocenters. The summed E-state index contributed by atoms with van der Waals surface area (Å²) in [5.74, 6) is 0.894.